The largest absolute Gasteiger partial charge is 0.457 e. The lowest BCUT2D eigenvalue weighted by Crippen LogP contribution is -2.16. The number of imidazole rings is 1. The number of ether oxygens (including phenoxy) is 2. The highest BCUT2D eigenvalue weighted by Crippen LogP contribution is 2.33. The smallest absolute Gasteiger partial charge is 0.411 e. The van der Waals surface area contributed by atoms with E-state index in [2.05, 4.69) is 26.8 Å². The van der Waals surface area contributed by atoms with Crippen molar-refractivity contribution >= 4 is 28.7 Å². The lowest BCUT2D eigenvalue weighted by Gasteiger charge is -2.12. The number of carbonyl (C=O) groups is 1. The second-order valence-corrected chi connectivity index (χ2v) is 8.13. The van der Waals surface area contributed by atoms with Crippen molar-refractivity contribution in [2.24, 2.45) is 0 Å². The van der Waals surface area contributed by atoms with Gasteiger partial charge in [0.15, 0.2) is 0 Å². The first-order valence-corrected chi connectivity index (χ1v) is 11.5. The first-order chi connectivity index (χ1) is 18.1. The van der Waals surface area contributed by atoms with Gasteiger partial charge in [0.25, 0.3) is 0 Å². The van der Waals surface area contributed by atoms with Crippen LogP contribution in [0.4, 0.5) is 21.9 Å². The number of nitriles is 1. The number of anilines is 3. The number of aryl methyl sites for hydroxylation is 1. The van der Waals surface area contributed by atoms with Crippen LogP contribution in [0.2, 0.25) is 0 Å². The minimum atomic E-state index is -0.580. The Balaban J connectivity index is 1.33. The Kier molecular flexibility index (Phi) is 6.67. The van der Waals surface area contributed by atoms with Gasteiger partial charge < -0.3 is 19.4 Å². The average Bonchev–Trinajstić information content (AvgIpc) is 3.54. The molecule has 1 amide bonds. The summed E-state index contributed by atoms with van der Waals surface area (Å²) in [7, 11) is 0. The van der Waals surface area contributed by atoms with E-state index in [0.29, 0.717) is 34.7 Å². The number of carbonyl (C=O) groups excluding carboxylic acids is 1. The van der Waals surface area contributed by atoms with Gasteiger partial charge in [-0.05, 0) is 43.3 Å². The SMILES string of the molecule is Cc1c(NC(=O)OCCn2ccnc2)cn2ncc(C#N)c(Nc3ccc(Oc4ccccc4)cc3)c12. The van der Waals surface area contributed by atoms with E-state index >= 15 is 0 Å². The van der Waals surface area contributed by atoms with Gasteiger partial charge in [0.1, 0.15) is 24.2 Å². The van der Waals surface area contributed by atoms with Crippen LogP contribution in [0, 0.1) is 18.3 Å². The molecule has 0 aliphatic rings. The zero-order valence-corrected chi connectivity index (χ0v) is 20.0. The van der Waals surface area contributed by atoms with Crippen molar-refractivity contribution in [3.05, 3.63) is 96.8 Å². The van der Waals surface area contributed by atoms with Crippen molar-refractivity contribution in [3.8, 4) is 17.6 Å². The summed E-state index contributed by atoms with van der Waals surface area (Å²) < 4.78 is 14.6. The van der Waals surface area contributed by atoms with Crippen molar-refractivity contribution in [1.82, 2.24) is 19.2 Å². The molecule has 10 heteroatoms. The maximum atomic E-state index is 12.4. The topological polar surface area (TPSA) is 119 Å². The Morgan fingerprint density at radius 3 is 2.62 bits per heavy atom. The number of rotatable bonds is 8. The summed E-state index contributed by atoms with van der Waals surface area (Å²) in [6, 6.07) is 19.1. The van der Waals surface area contributed by atoms with Crippen LogP contribution in [0.5, 0.6) is 11.5 Å². The Bertz CT molecular complexity index is 1550. The molecule has 5 aromatic rings. The maximum absolute atomic E-state index is 12.4. The van der Waals surface area contributed by atoms with E-state index < -0.39 is 6.09 Å². The van der Waals surface area contributed by atoms with E-state index in [1.165, 1.54) is 6.20 Å². The lowest BCUT2D eigenvalue weighted by atomic mass is 10.1. The molecule has 0 bridgehead atoms. The number of para-hydroxylation sites is 1. The second-order valence-electron chi connectivity index (χ2n) is 8.13. The first-order valence-electron chi connectivity index (χ1n) is 11.5. The molecule has 0 spiro atoms. The molecule has 0 saturated carbocycles. The summed E-state index contributed by atoms with van der Waals surface area (Å²) in [6.45, 7) is 2.55. The molecular weight excluding hydrogens is 470 g/mol. The second kappa shape index (κ2) is 10.5. The summed E-state index contributed by atoms with van der Waals surface area (Å²) in [6.07, 6.45) is 7.70. The molecular formula is C27H23N7O3. The van der Waals surface area contributed by atoms with Gasteiger partial charge in [-0.2, -0.15) is 10.4 Å². The van der Waals surface area contributed by atoms with Crippen molar-refractivity contribution < 1.29 is 14.3 Å². The number of hydrogen-bond acceptors (Lipinski definition) is 7. The molecule has 0 radical (unpaired) electrons. The van der Waals surface area contributed by atoms with E-state index in [1.807, 2.05) is 66.1 Å². The maximum Gasteiger partial charge on any atom is 0.411 e. The van der Waals surface area contributed by atoms with Crippen molar-refractivity contribution in [2.75, 3.05) is 17.2 Å². The van der Waals surface area contributed by atoms with Gasteiger partial charge >= 0.3 is 6.09 Å². The minimum absolute atomic E-state index is 0.197. The monoisotopic (exact) mass is 493 g/mol. The van der Waals surface area contributed by atoms with Crippen LogP contribution in [0.1, 0.15) is 11.1 Å². The van der Waals surface area contributed by atoms with Crippen molar-refractivity contribution in [2.45, 2.75) is 13.5 Å². The quantitative estimate of drug-likeness (QED) is 0.293. The van der Waals surface area contributed by atoms with E-state index in [4.69, 9.17) is 9.47 Å². The molecule has 10 nitrogen and oxygen atoms in total. The van der Waals surface area contributed by atoms with Crippen LogP contribution in [-0.2, 0) is 11.3 Å². The van der Waals surface area contributed by atoms with Gasteiger partial charge in [-0.3, -0.25) is 5.32 Å². The van der Waals surface area contributed by atoms with Gasteiger partial charge in [0.2, 0.25) is 0 Å². The summed E-state index contributed by atoms with van der Waals surface area (Å²) in [5.41, 5.74) is 3.64. The van der Waals surface area contributed by atoms with Gasteiger partial charge in [-0.15, -0.1) is 0 Å². The van der Waals surface area contributed by atoms with Crippen LogP contribution < -0.4 is 15.4 Å². The van der Waals surface area contributed by atoms with Crippen molar-refractivity contribution in [3.63, 3.8) is 0 Å². The minimum Gasteiger partial charge on any atom is -0.457 e. The molecule has 5 rings (SSSR count). The van der Waals surface area contributed by atoms with E-state index in [0.717, 1.165) is 17.0 Å². The lowest BCUT2D eigenvalue weighted by molar-refractivity contribution is 0.157. The van der Waals surface area contributed by atoms with Crippen molar-refractivity contribution in [1.29, 1.82) is 5.26 Å². The molecule has 3 aromatic heterocycles. The summed E-state index contributed by atoms with van der Waals surface area (Å²) in [4.78, 5) is 16.3. The molecule has 0 aliphatic carbocycles. The highest BCUT2D eigenvalue weighted by molar-refractivity contribution is 5.92. The normalized spacial score (nSPS) is 10.6. The summed E-state index contributed by atoms with van der Waals surface area (Å²) in [5, 5.41) is 20.1. The standard InChI is InChI=1S/C27H23N7O3/c1-19-24(32-27(35)36-14-13-33-12-11-29-18-33)17-34-26(19)25(20(15-28)16-30-34)31-21-7-9-23(10-8-21)37-22-5-3-2-4-6-22/h2-12,16-18,31H,13-14H2,1H3,(H,32,35). The molecule has 3 heterocycles. The summed E-state index contributed by atoms with van der Waals surface area (Å²) >= 11 is 0. The molecule has 37 heavy (non-hydrogen) atoms. The first kappa shape index (κ1) is 23.4. The van der Waals surface area contributed by atoms with E-state index in [9.17, 15) is 10.1 Å². The third-order valence-electron chi connectivity index (χ3n) is 5.66. The Hall–Kier alpha value is -5.30. The van der Waals surface area contributed by atoms with Gasteiger partial charge in [-0.25, -0.2) is 14.3 Å². The summed E-state index contributed by atoms with van der Waals surface area (Å²) in [5.74, 6) is 1.43. The molecule has 0 atom stereocenters. The third-order valence-corrected chi connectivity index (χ3v) is 5.66. The average molecular weight is 494 g/mol. The molecule has 0 unspecified atom stereocenters. The predicted molar refractivity (Wildman–Crippen MR) is 138 cm³/mol. The van der Waals surface area contributed by atoms with Crippen LogP contribution in [0.15, 0.2) is 85.7 Å². The Morgan fingerprint density at radius 1 is 1.11 bits per heavy atom. The fraction of sp³-hybridized carbons (Fsp3) is 0.111. The van der Waals surface area contributed by atoms with Crippen LogP contribution in [0.25, 0.3) is 5.52 Å². The molecule has 2 N–H and O–H groups in total. The van der Waals surface area contributed by atoms with Crippen LogP contribution in [0.3, 0.4) is 0 Å². The number of aromatic nitrogens is 4. The fourth-order valence-corrected chi connectivity index (χ4v) is 3.81. The highest BCUT2D eigenvalue weighted by Gasteiger charge is 2.17. The Morgan fingerprint density at radius 2 is 1.89 bits per heavy atom. The molecule has 0 saturated heterocycles. The van der Waals surface area contributed by atoms with E-state index in [-0.39, 0.29) is 6.61 Å². The molecule has 0 aliphatic heterocycles. The third kappa shape index (κ3) is 5.36. The highest BCUT2D eigenvalue weighted by atomic mass is 16.5. The van der Waals surface area contributed by atoms with Crippen LogP contribution in [-0.4, -0.2) is 31.9 Å². The van der Waals surface area contributed by atoms with Gasteiger partial charge in [0.05, 0.1) is 47.7 Å². The molecule has 184 valence electrons. The fourth-order valence-electron chi connectivity index (χ4n) is 3.81. The molecule has 2 aromatic carbocycles. The molecule has 0 fully saturated rings. The number of hydrogen-bond donors (Lipinski definition) is 2. The predicted octanol–water partition coefficient (Wildman–Crippen LogP) is 5.50. The number of amides is 1. The zero-order valence-electron chi connectivity index (χ0n) is 20.0. The van der Waals surface area contributed by atoms with E-state index in [1.54, 1.807) is 29.4 Å². The number of nitrogens with one attached hydrogen (secondary N) is 2. The number of nitrogens with zero attached hydrogens (tertiary/aromatic N) is 5. The number of fused-ring (bicyclic) bond motifs is 1. The van der Waals surface area contributed by atoms with Gasteiger partial charge in [-0.1, -0.05) is 18.2 Å². The number of benzene rings is 2. The Labute approximate surface area is 212 Å². The van der Waals surface area contributed by atoms with Gasteiger partial charge in [0, 0.05) is 23.6 Å². The zero-order chi connectivity index (χ0) is 25.6. The van der Waals surface area contributed by atoms with Crippen LogP contribution >= 0.6 is 0 Å².